The Balaban J connectivity index is 1.85. The second-order valence-electron chi connectivity index (χ2n) is 7.83. The fraction of sp³-hybridized carbons (Fsp3) is 0.632. The molecule has 8 heteroatoms. The number of ether oxygens (including phenoxy) is 1. The molecule has 0 saturated heterocycles. The Morgan fingerprint density at radius 2 is 1.85 bits per heavy atom. The van der Waals surface area contributed by atoms with Crippen LogP contribution in [0.4, 0.5) is 0 Å². The van der Waals surface area contributed by atoms with E-state index in [1.165, 1.54) is 39.8 Å². The van der Waals surface area contributed by atoms with Crippen molar-refractivity contribution < 1.29 is 17.9 Å². The van der Waals surface area contributed by atoms with Crippen LogP contribution in [0.2, 0.25) is 0 Å². The number of nitrogens with two attached hydrogens (primary N) is 1. The highest BCUT2D eigenvalue weighted by molar-refractivity contribution is 7.89. The van der Waals surface area contributed by atoms with Crippen molar-refractivity contribution in [3.63, 3.8) is 0 Å². The first-order chi connectivity index (χ1) is 12.7. The van der Waals surface area contributed by atoms with Crippen molar-refractivity contribution in [1.82, 2.24) is 9.62 Å². The summed E-state index contributed by atoms with van der Waals surface area (Å²) in [4.78, 5) is 12.9. The molecule has 2 aliphatic carbocycles. The Kier molecular flexibility index (Phi) is 5.79. The number of hydrogen-bond donors (Lipinski definition) is 2. The van der Waals surface area contributed by atoms with E-state index >= 15 is 0 Å². The number of methoxy groups -OCH3 is 1. The molecule has 2 fully saturated rings. The number of nitrogens with one attached hydrogen (secondary N) is 1. The van der Waals surface area contributed by atoms with Gasteiger partial charge >= 0.3 is 0 Å². The molecule has 2 unspecified atom stereocenters. The van der Waals surface area contributed by atoms with E-state index in [-0.39, 0.29) is 28.6 Å². The average Bonchev–Trinajstić information content (AvgIpc) is 2.61. The Labute approximate surface area is 161 Å². The smallest absolute Gasteiger partial charge is 0.251 e. The van der Waals surface area contributed by atoms with Crippen LogP contribution in [0.25, 0.3) is 0 Å². The van der Waals surface area contributed by atoms with E-state index in [0.717, 1.165) is 30.0 Å². The molecule has 3 rings (SSSR count). The van der Waals surface area contributed by atoms with Gasteiger partial charge in [0.15, 0.2) is 0 Å². The summed E-state index contributed by atoms with van der Waals surface area (Å²) < 4.78 is 31.4. The lowest BCUT2D eigenvalue weighted by molar-refractivity contribution is 0.0756. The maximum Gasteiger partial charge on any atom is 0.251 e. The molecular formula is C19H29N3O4S. The van der Waals surface area contributed by atoms with E-state index in [0.29, 0.717) is 17.4 Å². The predicted molar refractivity (Wildman–Crippen MR) is 103 cm³/mol. The summed E-state index contributed by atoms with van der Waals surface area (Å²) in [6.07, 6.45) is 5.22. The molecule has 0 aliphatic heterocycles. The van der Waals surface area contributed by atoms with Gasteiger partial charge in [0.25, 0.3) is 5.91 Å². The van der Waals surface area contributed by atoms with E-state index in [9.17, 15) is 13.2 Å². The van der Waals surface area contributed by atoms with Crippen molar-refractivity contribution in [3.05, 3.63) is 23.8 Å². The van der Waals surface area contributed by atoms with E-state index in [1.54, 1.807) is 6.07 Å². The van der Waals surface area contributed by atoms with Gasteiger partial charge in [-0.25, -0.2) is 12.7 Å². The van der Waals surface area contributed by atoms with Crippen molar-refractivity contribution in [3.8, 4) is 5.75 Å². The molecule has 1 aromatic rings. The molecule has 150 valence electrons. The van der Waals surface area contributed by atoms with Crippen molar-refractivity contribution >= 4 is 15.9 Å². The van der Waals surface area contributed by atoms with E-state index in [1.807, 2.05) is 0 Å². The highest BCUT2D eigenvalue weighted by Gasteiger charge is 2.40. The molecule has 7 nitrogen and oxygen atoms in total. The van der Waals surface area contributed by atoms with Crippen LogP contribution in [-0.2, 0) is 10.0 Å². The summed E-state index contributed by atoms with van der Waals surface area (Å²) in [5.41, 5.74) is 6.48. The van der Waals surface area contributed by atoms with Gasteiger partial charge in [0, 0.05) is 31.7 Å². The second kappa shape index (κ2) is 7.77. The number of fused-ring (bicyclic) bond motifs is 2. The zero-order valence-electron chi connectivity index (χ0n) is 16.1. The van der Waals surface area contributed by atoms with Crippen molar-refractivity contribution in [1.29, 1.82) is 0 Å². The lowest BCUT2D eigenvalue weighted by atomic mass is 9.67. The Hall–Kier alpha value is -1.64. The molecular weight excluding hydrogens is 366 g/mol. The molecule has 1 aromatic carbocycles. The Morgan fingerprint density at radius 1 is 1.22 bits per heavy atom. The summed E-state index contributed by atoms with van der Waals surface area (Å²) in [5.74, 6) is 0.783. The minimum Gasteiger partial charge on any atom is -0.495 e. The lowest BCUT2D eigenvalue weighted by Crippen LogP contribution is -2.53. The summed E-state index contributed by atoms with van der Waals surface area (Å²) >= 11 is 0. The van der Waals surface area contributed by atoms with Gasteiger partial charge in [-0.05, 0) is 55.7 Å². The van der Waals surface area contributed by atoms with Crippen LogP contribution in [-0.4, -0.2) is 51.9 Å². The monoisotopic (exact) mass is 395 g/mol. The second-order valence-corrected chi connectivity index (χ2v) is 9.96. The fourth-order valence-corrected chi connectivity index (χ4v) is 5.55. The SMILES string of the molecule is COc1ccc(C(=O)NC2C3CCCC2CC(N)C3)cc1S(=O)(=O)N(C)C. The molecule has 2 bridgehead atoms. The quantitative estimate of drug-likeness (QED) is 0.788. The molecule has 0 aromatic heterocycles. The van der Waals surface area contributed by atoms with Crippen LogP contribution in [0, 0.1) is 11.8 Å². The molecule has 0 spiro atoms. The van der Waals surface area contributed by atoms with Gasteiger partial charge in [-0.3, -0.25) is 4.79 Å². The maximum atomic E-state index is 12.9. The number of sulfonamides is 1. The van der Waals surface area contributed by atoms with Gasteiger partial charge in [-0.15, -0.1) is 0 Å². The van der Waals surface area contributed by atoms with Crippen molar-refractivity contribution in [2.75, 3.05) is 21.2 Å². The molecule has 2 saturated carbocycles. The molecule has 2 atom stereocenters. The van der Waals surface area contributed by atoms with Crippen LogP contribution in [0.5, 0.6) is 5.75 Å². The van der Waals surface area contributed by atoms with Gasteiger partial charge < -0.3 is 15.8 Å². The third-order valence-corrected chi connectivity index (χ3v) is 7.70. The van der Waals surface area contributed by atoms with Crippen LogP contribution in [0.15, 0.2) is 23.1 Å². The number of hydrogen-bond acceptors (Lipinski definition) is 5. The lowest BCUT2D eigenvalue weighted by Gasteiger charge is -2.45. The number of rotatable bonds is 5. The first kappa shape index (κ1) is 20.1. The van der Waals surface area contributed by atoms with E-state index in [2.05, 4.69) is 5.32 Å². The standard InChI is InChI=1S/C19H29N3O4S/c1-22(2)27(24,25)17-11-14(7-8-16(17)26-3)19(23)21-18-12-5-4-6-13(18)10-15(20)9-12/h7-8,11-13,15,18H,4-6,9-10,20H2,1-3H3,(H,21,23). The van der Waals surface area contributed by atoms with Crippen LogP contribution < -0.4 is 15.8 Å². The van der Waals surface area contributed by atoms with Crippen molar-refractivity contribution in [2.24, 2.45) is 17.6 Å². The maximum absolute atomic E-state index is 12.9. The number of nitrogens with zero attached hydrogens (tertiary/aromatic N) is 1. The summed E-state index contributed by atoms with van der Waals surface area (Å²) in [7, 11) is 0.598. The summed E-state index contributed by atoms with van der Waals surface area (Å²) in [5, 5.41) is 3.16. The highest BCUT2D eigenvalue weighted by atomic mass is 32.2. The third-order valence-electron chi connectivity index (χ3n) is 5.86. The topological polar surface area (TPSA) is 102 Å². The molecule has 3 N–H and O–H groups in total. The van der Waals surface area contributed by atoms with Gasteiger partial charge in [0.2, 0.25) is 10.0 Å². The molecule has 0 heterocycles. The molecule has 27 heavy (non-hydrogen) atoms. The van der Waals surface area contributed by atoms with Crippen LogP contribution in [0.1, 0.15) is 42.5 Å². The van der Waals surface area contributed by atoms with Gasteiger partial charge in [-0.2, -0.15) is 0 Å². The number of amides is 1. The van der Waals surface area contributed by atoms with Crippen LogP contribution >= 0.6 is 0 Å². The van der Waals surface area contributed by atoms with Gasteiger partial charge in [0.05, 0.1) is 7.11 Å². The Morgan fingerprint density at radius 3 is 2.41 bits per heavy atom. The van der Waals surface area contributed by atoms with E-state index in [4.69, 9.17) is 10.5 Å². The summed E-state index contributed by atoms with van der Waals surface area (Å²) in [6, 6.07) is 4.86. The highest BCUT2D eigenvalue weighted by Crippen LogP contribution is 2.39. The van der Waals surface area contributed by atoms with Gasteiger partial charge in [-0.1, -0.05) is 6.42 Å². The largest absolute Gasteiger partial charge is 0.495 e. The van der Waals surface area contributed by atoms with Crippen LogP contribution in [0.3, 0.4) is 0 Å². The molecule has 2 aliphatic rings. The summed E-state index contributed by atoms with van der Waals surface area (Å²) in [6.45, 7) is 0. The minimum absolute atomic E-state index is 0.00601. The first-order valence-electron chi connectivity index (χ1n) is 9.41. The predicted octanol–water partition coefficient (Wildman–Crippen LogP) is 1.58. The fourth-order valence-electron chi connectivity index (χ4n) is 4.48. The zero-order chi connectivity index (χ0) is 19.8. The van der Waals surface area contributed by atoms with E-state index < -0.39 is 10.0 Å². The third kappa shape index (κ3) is 3.97. The normalized spacial score (nSPS) is 28.0. The van der Waals surface area contributed by atoms with Crippen molar-refractivity contribution in [2.45, 2.75) is 49.1 Å². The zero-order valence-corrected chi connectivity index (χ0v) is 17.0. The molecule has 1 amide bonds. The number of carbonyl (C=O) groups excluding carboxylic acids is 1. The minimum atomic E-state index is -3.72. The first-order valence-corrected chi connectivity index (χ1v) is 10.8. The van der Waals surface area contributed by atoms with Gasteiger partial charge in [0.1, 0.15) is 10.6 Å². The molecule has 0 radical (unpaired) electrons. The number of benzene rings is 1. The number of carbonyl (C=O) groups is 1. The average molecular weight is 396 g/mol. The Bertz CT molecular complexity index is 795.